The molecular formula is C18H19NO5. The van der Waals surface area contributed by atoms with Crippen LogP contribution in [0.1, 0.15) is 30.4 Å². The number of carboxylic acid groups (broad SMARTS) is 1. The van der Waals surface area contributed by atoms with Crippen LogP contribution in [0.4, 0.5) is 10.5 Å². The Labute approximate surface area is 139 Å². The van der Waals surface area contributed by atoms with Gasteiger partial charge in [-0.3, -0.25) is 10.1 Å². The number of carboxylic acids is 1. The maximum Gasteiger partial charge on any atom is 0.411 e. The zero-order valence-corrected chi connectivity index (χ0v) is 13.2. The number of hydrogen-bond donors (Lipinski definition) is 3. The minimum Gasteiger partial charge on any atom is -0.508 e. The number of phenols is 1. The van der Waals surface area contributed by atoms with Gasteiger partial charge in [-0.15, -0.1) is 0 Å². The van der Waals surface area contributed by atoms with Crippen LogP contribution in [0.15, 0.2) is 48.5 Å². The van der Waals surface area contributed by atoms with Crippen molar-refractivity contribution in [3.63, 3.8) is 0 Å². The fraction of sp³-hybridized carbons (Fsp3) is 0.222. The summed E-state index contributed by atoms with van der Waals surface area (Å²) < 4.78 is 5.13. The molecule has 24 heavy (non-hydrogen) atoms. The van der Waals surface area contributed by atoms with Crippen molar-refractivity contribution in [2.45, 2.75) is 25.9 Å². The largest absolute Gasteiger partial charge is 0.508 e. The molecule has 0 saturated carbocycles. The fourth-order valence-corrected chi connectivity index (χ4v) is 2.35. The highest BCUT2D eigenvalue weighted by Crippen LogP contribution is 2.31. The van der Waals surface area contributed by atoms with E-state index in [1.165, 1.54) is 18.2 Å². The van der Waals surface area contributed by atoms with E-state index in [9.17, 15) is 19.8 Å². The molecule has 0 saturated heterocycles. The normalized spacial score (nSPS) is 11.5. The number of nitrogens with one attached hydrogen (secondary N) is 1. The van der Waals surface area contributed by atoms with Crippen LogP contribution in [0.2, 0.25) is 0 Å². The first kappa shape index (κ1) is 17.3. The van der Waals surface area contributed by atoms with E-state index in [2.05, 4.69) is 5.32 Å². The van der Waals surface area contributed by atoms with Crippen LogP contribution in [-0.4, -0.2) is 22.3 Å². The van der Waals surface area contributed by atoms with E-state index in [1.807, 2.05) is 30.3 Å². The Kier molecular flexibility index (Phi) is 5.78. The Hall–Kier alpha value is -3.02. The van der Waals surface area contributed by atoms with Gasteiger partial charge in [0.25, 0.3) is 0 Å². The first-order chi connectivity index (χ1) is 11.5. The Bertz CT molecular complexity index is 715. The Balaban J connectivity index is 2.11. The van der Waals surface area contributed by atoms with E-state index in [4.69, 9.17) is 4.74 Å². The zero-order chi connectivity index (χ0) is 17.5. The van der Waals surface area contributed by atoms with Crippen molar-refractivity contribution in [1.82, 2.24) is 0 Å². The lowest BCUT2D eigenvalue weighted by Crippen LogP contribution is -2.18. The lowest BCUT2D eigenvalue weighted by molar-refractivity contribution is -0.138. The van der Waals surface area contributed by atoms with E-state index in [1.54, 1.807) is 6.92 Å². The summed E-state index contributed by atoms with van der Waals surface area (Å²) in [6, 6.07) is 13.4. The van der Waals surface area contributed by atoms with E-state index >= 15 is 0 Å². The fourth-order valence-electron chi connectivity index (χ4n) is 2.35. The Morgan fingerprint density at radius 2 is 1.88 bits per heavy atom. The smallest absolute Gasteiger partial charge is 0.411 e. The van der Waals surface area contributed by atoms with Crippen molar-refractivity contribution < 1.29 is 24.5 Å². The zero-order valence-electron chi connectivity index (χ0n) is 13.2. The summed E-state index contributed by atoms with van der Waals surface area (Å²) in [5.74, 6) is -1.92. The molecule has 1 unspecified atom stereocenters. The highest BCUT2D eigenvalue weighted by Gasteiger charge is 2.22. The molecule has 6 heteroatoms. The van der Waals surface area contributed by atoms with E-state index in [0.717, 1.165) is 5.56 Å². The monoisotopic (exact) mass is 329 g/mol. The minimum absolute atomic E-state index is 0.0621. The molecule has 0 spiro atoms. The van der Waals surface area contributed by atoms with Crippen LogP contribution >= 0.6 is 0 Å². The Morgan fingerprint density at radius 1 is 1.17 bits per heavy atom. The van der Waals surface area contributed by atoms with Gasteiger partial charge in [0, 0.05) is 5.69 Å². The van der Waals surface area contributed by atoms with Crippen LogP contribution in [-0.2, 0) is 16.1 Å². The van der Waals surface area contributed by atoms with E-state index < -0.39 is 18.0 Å². The first-order valence-electron chi connectivity index (χ1n) is 7.54. The molecule has 3 N–H and O–H groups in total. The van der Waals surface area contributed by atoms with Gasteiger partial charge in [-0.1, -0.05) is 37.3 Å². The molecule has 1 atom stereocenters. The minimum atomic E-state index is -1.02. The molecule has 0 fully saturated rings. The number of amides is 1. The number of carbonyl (C=O) groups excluding carboxylic acids is 1. The van der Waals surface area contributed by atoms with Gasteiger partial charge in [0.1, 0.15) is 12.4 Å². The highest BCUT2D eigenvalue weighted by atomic mass is 16.5. The number of ether oxygens (including phenoxy) is 1. The molecule has 0 aliphatic rings. The molecular weight excluding hydrogens is 310 g/mol. The number of phenolic OH excluding ortho intramolecular Hbond substituents is 1. The summed E-state index contributed by atoms with van der Waals surface area (Å²) in [7, 11) is 0. The predicted molar refractivity (Wildman–Crippen MR) is 89.0 cm³/mol. The topological polar surface area (TPSA) is 95.9 Å². The molecule has 2 aromatic rings. The molecule has 2 aromatic carbocycles. The number of benzene rings is 2. The molecule has 2 rings (SSSR count). The van der Waals surface area contributed by atoms with Crippen molar-refractivity contribution >= 4 is 17.7 Å². The molecule has 0 aromatic heterocycles. The summed E-state index contributed by atoms with van der Waals surface area (Å²) in [6.07, 6.45) is -0.363. The van der Waals surface area contributed by atoms with Crippen molar-refractivity contribution in [3.05, 3.63) is 59.7 Å². The van der Waals surface area contributed by atoms with E-state index in [0.29, 0.717) is 17.7 Å². The Morgan fingerprint density at radius 3 is 2.50 bits per heavy atom. The summed E-state index contributed by atoms with van der Waals surface area (Å²) >= 11 is 0. The standard InChI is InChI=1S/C18H19NO5/c1-2-14(17(21)22)15-10-13(20)8-9-16(15)19-18(23)24-11-12-6-4-3-5-7-12/h3-10,14,20H,2,11H2,1H3,(H,19,23)(H,21,22). The third kappa shape index (κ3) is 4.49. The number of aromatic hydroxyl groups is 1. The summed E-state index contributed by atoms with van der Waals surface area (Å²) in [5, 5.41) is 21.5. The second-order valence-electron chi connectivity index (χ2n) is 5.26. The number of aliphatic carboxylic acids is 1. The molecule has 6 nitrogen and oxygen atoms in total. The average molecular weight is 329 g/mol. The number of carbonyl (C=O) groups is 2. The molecule has 0 aliphatic carbocycles. The molecule has 0 heterocycles. The summed E-state index contributed by atoms with van der Waals surface area (Å²) in [6.45, 7) is 1.83. The van der Waals surface area contributed by atoms with Crippen molar-refractivity contribution in [3.8, 4) is 5.75 Å². The maximum absolute atomic E-state index is 12.0. The van der Waals surface area contributed by atoms with Crippen LogP contribution in [0.3, 0.4) is 0 Å². The molecule has 0 aliphatic heterocycles. The molecule has 0 radical (unpaired) electrons. The molecule has 126 valence electrons. The summed E-state index contributed by atoms with van der Waals surface area (Å²) in [5.41, 5.74) is 1.48. The third-order valence-electron chi connectivity index (χ3n) is 3.57. The number of hydrogen-bond acceptors (Lipinski definition) is 4. The number of anilines is 1. The van der Waals surface area contributed by atoms with Gasteiger partial charge in [0.2, 0.25) is 0 Å². The lowest BCUT2D eigenvalue weighted by atomic mass is 9.94. The summed E-state index contributed by atoms with van der Waals surface area (Å²) in [4.78, 5) is 23.3. The van der Waals surface area contributed by atoms with Gasteiger partial charge in [0.05, 0.1) is 5.92 Å². The maximum atomic E-state index is 12.0. The van der Waals surface area contributed by atoms with Gasteiger partial charge in [0.15, 0.2) is 0 Å². The van der Waals surface area contributed by atoms with Crippen molar-refractivity contribution in [1.29, 1.82) is 0 Å². The van der Waals surface area contributed by atoms with E-state index in [-0.39, 0.29) is 12.4 Å². The van der Waals surface area contributed by atoms with Crippen LogP contribution < -0.4 is 5.32 Å². The third-order valence-corrected chi connectivity index (χ3v) is 3.57. The van der Waals surface area contributed by atoms with Crippen LogP contribution in [0.25, 0.3) is 0 Å². The molecule has 0 bridgehead atoms. The second-order valence-corrected chi connectivity index (χ2v) is 5.26. The second kappa shape index (κ2) is 8.01. The van der Waals surface area contributed by atoms with Gasteiger partial charge in [-0.05, 0) is 35.7 Å². The first-order valence-corrected chi connectivity index (χ1v) is 7.54. The van der Waals surface area contributed by atoms with Crippen molar-refractivity contribution in [2.24, 2.45) is 0 Å². The van der Waals surface area contributed by atoms with Gasteiger partial charge in [-0.2, -0.15) is 0 Å². The molecule has 1 amide bonds. The predicted octanol–water partition coefficient (Wildman–Crippen LogP) is 3.72. The number of rotatable bonds is 6. The van der Waals surface area contributed by atoms with Crippen LogP contribution in [0, 0.1) is 0 Å². The lowest BCUT2D eigenvalue weighted by Gasteiger charge is -2.16. The van der Waals surface area contributed by atoms with Gasteiger partial charge in [-0.25, -0.2) is 4.79 Å². The van der Waals surface area contributed by atoms with Gasteiger partial charge < -0.3 is 14.9 Å². The quantitative estimate of drug-likeness (QED) is 0.702. The highest BCUT2D eigenvalue weighted by molar-refractivity contribution is 5.88. The van der Waals surface area contributed by atoms with Crippen molar-refractivity contribution in [2.75, 3.05) is 5.32 Å². The SMILES string of the molecule is CCC(C(=O)O)c1cc(O)ccc1NC(=O)OCc1ccccc1. The average Bonchev–Trinajstić information content (AvgIpc) is 2.56. The van der Waals surface area contributed by atoms with Crippen LogP contribution in [0.5, 0.6) is 5.75 Å². The van der Waals surface area contributed by atoms with Gasteiger partial charge >= 0.3 is 12.1 Å².